The van der Waals surface area contributed by atoms with Crippen molar-refractivity contribution in [1.82, 2.24) is 4.98 Å². The second kappa shape index (κ2) is 4.98. The number of rotatable bonds is 2. The Morgan fingerprint density at radius 3 is 2.81 bits per heavy atom. The van der Waals surface area contributed by atoms with Crippen molar-refractivity contribution in [2.45, 2.75) is 20.3 Å². The number of benzene rings is 1. The van der Waals surface area contributed by atoms with E-state index in [1.165, 1.54) is 0 Å². The fourth-order valence-electron chi connectivity index (χ4n) is 2.68. The highest BCUT2D eigenvalue weighted by Gasteiger charge is 2.20. The molecular weight excluding hydrogens is 266 g/mol. The molecule has 0 radical (unpaired) electrons. The van der Waals surface area contributed by atoms with Gasteiger partial charge >= 0.3 is 0 Å². The molecule has 0 unspecified atom stereocenters. The van der Waals surface area contributed by atoms with Crippen LogP contribution in [0.1, 0.15) is 23.7 Å². The van der Waals surface area contributed by atoms with Gasteiger partial charge in [0, 0.05) is 11.3 Å². The highest BCUT2D eigenvalue weighted by Crippen LogP contribution is 2.39. The van der Waals surface area contributed by atoms with Gasteiger partial charge in [0.15, 0.2) is 11.5 Å². The lowest BCUT2D eigenvalue weighted by Gasteiger charge is -2.15. The molecule has 0 saturated carbocycles. The molecule has 5 nitrogen and oxygen atoms in total. The number of anilines is 1. The van der Waals surface area contributed by atoms with Crippen LogP contribution >= 0.6 is 0 Å². The van der Waals surface area contributed by atoms with E-state index in [1.54, 1.807) is 0 Å². The first-order chi connectivity index (χ1) is 10.2. The van der Waals surface area contributed by atoms with Gasteiger partial charge in [-0.3, -0.25) is 0 Å². The first-order valence-electron chi connectivity index (χ1n) is 6.74. The van der Waals surface area contributed by atoms with Crippen LogP contribution < -0.4 is 15.2 Å². The van der Waals surface area contributed by atoms with Crippen LogP contribution in [0, 0.1) is 18.3 Å². The average molecular weight is 281 g/mol. The maximum atomic E-state index is 9.44. The summed E-state index contributed by atoms with van der Waals surface area (Å²) in [6, 6.07) is 7.83. The highest BCUT2D eigenvalue weighted by atomic mass is 16.7. The molecule has 0 aliphatic carbocycles. The molecule has 2 N–H and O–H groups in total. The quantitative estimate of drug-likeness (QED) is 0.915. The Labute approximate surface area is 122 Å². The molecule has 2 heterocycles. The van der Waals surface area contributed by atoms with Gasteiger partial charge in [-0.05, 0) is 36.6 Å². The van der Waals surface area contributed by atoms with Crippen LogP contribution in [0.4, 0.5) is 5.82 Å². The Kier molecular flexibility index (Phi) is 3.15. The lowest BCUT2D eigenvalue weighted by atomic mass is 9.93. The van der Waals surface area contributed by atoms with Gasteiger partial charge < -0.3 is 15.2 Å². The van der Waals surface area contributed by atoms with Crippen molar-refractivity contribution < 1.29 is 9.47 Å². The van der Waals surface area contributed by atoms with Crippen LogP contribution in [-0.2, 0) is 6.42 Å². The average Bonchev–Trinajstić information content (AvgIpc) is 2.93. The van der Waals surface area contributed by atoms with E-state index in [-0.39, 0.29) is 12.6 Å². The third-order valence-electron chi connectivity index (χ3n) is 3.66. The van der Waals surface area contributed by atoms with Crippen LogP contribution in [0.25, 0.3) is 11.1 Å². The number of hydrogen-bond acceptors (Lipinski definition) is 5. The number of hydrogen-bond donors (Lipinski definition) is 1. The van der Waals surface area contributed by atoms with Crippen molar-refractivity contribution in [2.75, 3.05) is 12.5 Å². The van der Waals surface area contributed by atoms with Gasteiger partial charge in [0.2, 0.25) is 6.79 Å². The van der Waals surface area contributed by atoms with Crippen molar-refractivity contribution in [3.05, 3.63) is 35.0 Å². The van der Waals surface area contributed by atoms with Crippen molar-refractivity contribution in [2.24, 2.45) is 0 Å². The smallest absolute Gasteiger partial charge is 0.231 e. The number of nitrogens with two attached hydrogens (primary N) is 1. The summed E-state index contributed by atoms with van der Waals surface area (Å²) in [7, 11) is 0. The summed E-state index contributed by atoms with van der Waals surface area (Å²) in [6.07, 6.45) is 0.775. The molecule has 0 bridgehead atoms. The summed E-state index contributed by atoms with van der Waals surface area (Å²) < 4.78 is 10.7. The van der Waals surface area contributed by atoms with E-state index in [1.807, 2.05) is 32.0 Å². The molecule has 1 aromatic carbocycles. The number of aryl methyl sites for hydroxylation is 1. The normalized spacial score (nSPS) is 12.2. The Hall–Kier alpha value is -2.74. The van der Waals surface area contributed by atoms with Crippen molar-refractivity contribution in [3.8, 4) is 28.7 Å². The molecular formula is C16H15N3O2. The largest absolute Gasteiger partial charge is 0.454 e. The molecule has 2 aromatic rings. The molecule has 106 valence electrons. The van der Waals surface area contributed by atoms with Gasteiger partial charge in [0.1, 0.15) is 17.5 Å². The monoisotopic (exact) mass is 281 g/mol. The minimum absolute atomic E-state index is 0.224. The van der Waals surface area contributed by atoms with E-state index in [0.717, 1.165) is 28.8 Å². The minimum Gasteiger partial charge on any atom is -0.454 e. The molecule has 0 amide bonds. The van der Waals surface area contributed by atoms with E-state index in [2.05, 4.69) is 11.1 Å². The van der Waals surface area contributed by atoms with Gasteiger partial charge in [-0.1, -0.05) is 13.0 Å². The lowest BCUT2D eigenvalue weighted by Crippen LogP contribution is -2.04. The summed E-state index contributed by atoms with van der Waals surface area (Å²) >= 11 is 0. The standard InChI is InChI=1S/C16H15N3O2/c1-3-11-9(2)19-16(18)12(7-17)15(11)10-4-5-13-14(6-10)21-8-20-13/h4-6H,3,8H2,1-2H3,(H2,18,19). The minimum atomic E-state index is 0.224. The molecule has 21 heavy (non-hydrogen) atoms. The number of ether oxygens (including phenoxy) is 2. The van der Waals surface area contributed by atoms with E-state index in [9.17, 15) is 5.26 Å². The third-order valence-corrected chi connectivity index (χ3v) is 3.66. The fourth-order valence-corrected chi connectivity index (χ4v) is 2.68. The summed E-state index contributed by atoms with van der Waals surface area (Å²) in [4.78, 5) is 4.27. The summed E-state index contributed by atoms with van der Waals surface area (Å²) in [6.45, 7) is 4.17. The number of nitriles is 1. The molecule has 1 aliphatic rings. The number of nitrogen functional groups attached to an aromatic ring is 1. The molecule has 5 heteroatoms. The molecule has 0 fully saturated rings. The van der Waals surface area contributed by atoms with Gasteiger partial charge in [-0.15, -0.1) is 0 Å². The predicted octanol–water partition coefficient (Wildman–Crippen LogP) is 2.80. The molecule has 0 spiro atoms. The fraction of sp³-hybridized carbons (Fsp3) is 0.250. The lowest BCUT2D eigenvalue weighted by molar-refractivity contribution is 0.174. The number of aromatic nitrogens is 1. The number of fused-ring (bicyclic) bond motifs is 1. The Morgan fingerprint density at radius 2 is 2.10 bits per heavy atom. The summed E-state index contributed by atoms with van der Waals surface area (Å²) in [5.41, 5.74) is 9.94. The summed E-state index contributed by atoms with van der Waals surface area (Å²) in [5.74, 6) is 1.67. The zero-order valence-corrected chi connectivity index (χ0v) is 11.9. The van der Waals surface area contributed by atoms with E-state index < -0.39 is 0 Å². The van der Waals surface area contributed by atoms with Crippen molar-refractivity contribution >= 4 is 5.82 Å². The Bertz CT molecular complexity index is 763. The first-order valence-corrected chi connectivity index (χ1v) is 6.74. The Morgan fingerprint density at radius 1 is 1.33 bits per heavy atom. The predicted molar refractivity (Wildman–Crippen MR) is 79.0 cm³/mol. The molecule has 1 aliphatic heterocycles. The summed E-state index contributed by atoms with van der Waals surface area (Å²) in [5, 5.41) is 9.44. The first kappa shape index (κ1) is 13.3. The molecule has 0 saturated heterocycles. The van der Waals surface area contributed by atoms with Crippen LogP contribution in [0.3, 0.4) is 0 Å². The number of nitrogens with zero attached hydrogens (tertiary/aromatic N) is 2. The van der Waals surface area contributed by atoms with E-state index in [0.29, 0.717) is 17.1 Å². The van der Waals surface area contributed by atoms with Crippen LogP contribution in [0.5, 0.6) is 11.5 Å². The maximum Gasteiger partial charge on any atom is 0.231 e. The second-order valence-corrected chi connectivity index (χ2v) is 4.84. The third kappa shape index (κ3) is 2.05. The van der Waals surface area contributed by atoms with E-state index in [4.69, 9.17) is 15.2 Å². The molecule has 0 atom stereocenters. The van der Waals surface area contributed by atoms with Crippen LogP contribution in [-0.4, -0.2) is 11.8 Å². The topological polar surface area (TPSA) is 81.2 Å². The zero-order chi connectivity index (χ0) is 15.0. The molecule has 1 aromatic heterocycles. The Balaban J connectivity index is 2.28. The van der Waals surface area contributed by atoms with Crippen molar-refractivity contribution in [1.29, 1.82) is 5.26 Å². The second-order valence-electron chi connectivity index (χ2n) is 4.84. The zero-order valence-electron chi connectivity index (χ0n) is 11.9. The van der Waals surface area contributed by atoms with Gasteiger partial charge in [0.05, 0.1) is 0 Å². The van der Waals surface area contributed by atoms with Gasteiger partial charge in [0.25, 0.3) is 0 Å². The molecule has 3 rings (SSSR count). The van der Waals surface area contributed by atoms with Gasteiger partial charge in [-0.25, -0.2) is 4.98 Å². The van der Waals surface area contributed by atoms with Crippen LogP contribution in [0.15, 0.2) is 18.2 Å². The van der Waals surface area contributed by atoms with Crippen LogP contribution in [0.2, 0.25) is 0 Å². The highest BCUT2D eigenvalue weighted by molar-refractivity contribution is 5.80. The maximum absolute atomic E-state index is 9.44. The van der Waals surface area contributed by atoms with Gasteiger partial charge in [-0.2, -0.15) is 5.26 Å². The van der Waals surface area contributed by atoms with Crippen molar-refractivity contribution in [3.63, 3.8) is 0 Å². The number of pyridine rings is 1. The SMILES string of the molecule is CCc1c(C)nc(N)c(C#N)c1-c1ccc2c(c1)OCO2. The van der Waals surface area contributed by atoms with E-state index >= 15 is 0 Å².